The molecule has 212 valence electrons. The molecule has 0 aliphatic carbocycles. The molecule has 0 spiro atoms. The number of halogens is 1. The molecule has 41 heavy (non-hydrogen) atoms. The molecule has 3 aliphatic rings. The van der Waals surface area contributed by atoms with E-state index >= 15 is 0 Å². The van der Waals surface area contributed by atoms with Crippen LogP contribution in [-0.2, 0) is 39.6 Å². The number of rotatable bonds is 7. The minimum Gasteiger partial charge on any atom is -0.489 e. The summed E-state index contributed by atoms with van der Waals surface area (Å²) in [6.45, 7) is 5.54. The molecular formula is C32H32FN3O5. The minimum atomic E-state index is -0.659. The van der Waals surface area contributed by atoms with Crippen molar-refractivity contribution in [3.63, 3.8) is 0 Å². The molecule has 8 nitrogen and oxygen atoms in total. The third kappa shape index (κ3) is 5.60. The molecule has 3 aromatic rings. The van der Waals surface area contributed by atoms with E-state index < -0.39 is 17.6 Å². The number of nitrogens with one attached hydrogen (secondary N) is 1. The van der Waals surface area contributed by atoms with Gasteiger partial charge >= 0.3 is 0 Å². The van der Waals surface area contributed by atoms with Crippen LogP contribution in [0.1, 0.15) is 52.4 Å². The summed E-state index contributed by atoms with van der Waals surface area (Å²) in [7, 11) is 0. The van der Waals surface area contributed by atoms with Crippen LogP contribution in [0.4, 0.5) is 4.39 Å². The van der Waals surface area contributed by atoms with Gasteiger partial charge in [-0.3, -0.25) is 24.6 Å². The molecule has 2 atom stereocenters. The Morgan fingerprint density at radius 1 is 1.02 bits per heavy atom. The van der Waals surface area contributed by atoms with Gasteiger partial charge < -0.3 is 14.4 Å². The van der Waals surface area contributed by atoms with Crippen molar-refractivity contribution >= 4 is 17.7 Å². The van der Waals surface area contributed by atoms with E-state index in [-0.39, 0.29) is 30.6 Å². The van der Waals surface area contributed by atoms with Crippen LogP contribution in [-0.4, -0.2) is 53.3 Å². The van der Waals surface area contributed by atoms with Gasteiger partial charge in [-0.1, -0.05) is 42.5 Å². The average molecular weight is 558 g/mol. The van der Waals surface area contributed by atoms with Gasteiger partial charge in [-0.15, -0.1) is 0 Å². The Hall–Kier alpha value is -4.08. The van der Waals surface area contributed by atoms with Crippen LogP contribution in [0.5, 0.6) is 5.75 Å². The lowest BCUT2D eigenvalue weighted by molar-refractivity contribution is -0.136. The lowest BCUT2D eigenvalue weighted by Gasteiger charge is -2.41. The number of ether oxygens (including phenoxy) is 2. The first-order valence-electron chi connectivity index (χ1n) is 13.9. The van der Waals surface area contributed by atoms with Gasteiger partial charge in [0.25, 0.3) is 5.91 Å². The molecule has 0 aromatic heterocycles. The molecule has 2 saturated heterocycles. The molecule has 2 unspecified atom stereocenters. The van der Waals surface area contributed by atoms with Crippen LogP contribution in [0.2, 0.25) is 0 Å². The van der Waals surface area contributed by atoms with Gasteiger partial charge in [0.2, 0.25) is 11.8 Å². The molecule has 9 heteroatoms. The molecule has 3 amide bonds. The number of nitrogens with zero attached hydrogens (tertiary/aromatic N) is 2. The summed E-state index contributed by atoms with van der Waals surface area (Å²) in [5, 5.41) is 2.33. The number of piperidine rings is 1. The van der Waals surface area contributed by atoms with E-state index in [4.69, 9.17) is 9.47 Å². The maximum Gasteiger partial charge on any atom is 0.255 e. The smallest absolute Gasteiger partial charge is 0.255 e. The SMILES string of the molecule is CC1(c2ccc(F)cc2)CN(Cc2ccc(COc3cccc4c3CN(C3CCC(=O)NC3=O)C4=O)cc2)CCO1. The summed E-state index contributed by atoms with van der Waals surface area (Å²) in [4.78, 5) is 40.8. The van der Waals surface area contributed by atoms with Gasteiger partial charge in [-0.2, -0.15) is 0 Å². The molecule has 3 heterocycles. The van der Waals surface area contributed by atoms with E-state index in [0.29, 0.717) is 37.5 Å². The maximum absolute atomic E-state index is 13.4. The normalized spacial score (nSPS) is 22.9. The summed E-state index contributed by atoms with van der Waals surface area (Å²) in [5.74, 6) is -0.597. The Morgan fingerprint density at radius 2 is 1.78 bits per heavy atom. The Balaban J connectivity index is 1.07. The number of hydrogen-bond donors (Lipinski definition) is 1. The highest BCUT2D eigenvalue weighted by atomic mass is 19.1. The van der Waals surface area contributed by atoms with E-state index in [1.54, 1.807) is 24.3 Å². The molecule has 6 rings (SSSR count). The number of fused-ring (bicyclic) bond motifs is 1. The minimum absolute atomic E-state index is 0.217. The van der Waals surface area contributed by atoms with Crippen LogP contribution < -0.4 is 10.1 Å². The number of imide groups is 1. The number of amides is 3. The first kappa shape index (κ1) is 27.1. The van der Waals surface area contributed by atoms with E-state index in [9.17, 15) is 18.8 Å². The first-order chi connectivity index (χ1) is 19.8. The van der Waals surface area contributed by atoms with Gasteiger partial charge in [0.1, 0.15) is 29.8 Å². The Morgan fingerprint density at radius 3 is 2.54 bits per heavy atom. The molecule has 3 aliphatic heterocycles. The third-order valence-corrected chi connectivity index (χ3v) is 8.17. The van der Waals surface area contributed by atoms with E-state index in [2.05, 4.69) is 22.3 Å². The molecule has 2 fully saturated rings. The van der Waals surface area contributed by atoms with Gasteiger partial charge in [0.05, 0.1) is 13.2 Å². The van der Waals surface area contributed by atoms with Gasteiger partial charge in [0, 0.05) is 37.2 Å². The van der Waals surface area contributed by atoms with Crippen LogP contribution in [0.25, 0.3) is 0 Å². The standard InChI is InChI=1S/C32H32FN3O5/c1-32(23-9-11-24(33)12-10-23)20-35(15-16-41-32)17-21-5-7-22(8-6-21)19-40-28-4-2-3-25-26(28)18-36(31(25)39)27-13-14-29(37)34-30(27)38/h2-12,27H,13-20H2,1H3,(H,34,37,38). The molecule has 3 aromatic carbocycles. The van der Waals surface area contributed by atoms with Crippen molar-refractivity contribution < 1.29 is 28.2 Å². The fraction of sp³-hybridized carbons (Fsp3) is 0.344. The second-order valence-electron chi connectivity index (χ2n) is 11.1. The highest BCUT2D eigenvalue weighted by Gasteiger charge is 2.40. The second kappa shape index (κ2) is 11.1. The van der Waals surface area contributed by atoms with E-state index in [1.165, 1.54) is 22.6 Å². The monoisotopic (exact) mass is 557 g/mol. The maximum atomic E-state index is 13.4. The van der Waals surface area contributed by atoms with Crippen LogP contribution >= 0.6 is 0 Å². The van der Waals surface area contributed by atoms with Crippen molar-refractivity contribution in [3.8, 4) is 5.75 Å². The summed E-state index contributed by atoms with van der Waals surface area (Å²) in [6.07, 6.45) is 0.540. The van der Waals surface area contributed by atoms with Crippen LogP contribution in [0.15, 0.2) is 66.7 Å². The average Bonchev–Trinajstić information content (AvgIpc) is 3.29. The lowest BCUT2D eigenvalue weighted by atomic mass is 9.93. The van der Waals surface area contributed by atoms with Crippen molar-refractivity contribution in [1.29, 1.82) is 0 Å². The van der Waals surface area contributed by atoms with Crippen molar-refractivity contribution in [2.45, 2.75) is 51.1 Å². The van der Waals surface area contributed by atoms with Crippen LogP contribution in [0.3, 0.4) is 0 Å². The van der Waals surface area contributed by atoms with E-state index in [0.717, 1.165) is 29.8 Å². The van der Waals surface area contributed by atoms with Crippen molar-refractivity contribution in [3.05, 3.63) is 100 Å². The third-order valence-electron chi connectivity index (χ3n) is 8.17. The van der Waals surface area contributed by atoms with E-state index in [1.807, 2.05) is 25.1 Å². The molecule has 0 bridgehead atoms. The predicted molar refractivity (Wildman–Crippen MR) is 148 cm³/mol. The highest BCUT2D eigenvalue weighted by Crippen LogP contribution is 2.34. The summed E-state index contributed by atoms with van der Waals surface area (Å²) in [6, 6.07) is 19.5. The molecule has 1 N–H and O–H groups in total. The summed E-state index contributed by atoms with van der Waals surface area (Å²) in [5.41, 5.74) is 3.92. The fourth-order valence-corrected chi connectivity index (χ4v) is 5.92. The van der Waals surface area contributed by atoms with Crippen LogP contribution in [0, 0.1) is 5.82 Å². The quantitative estimate of drug-likeness (QED) is 0.444. The fourth-order valence-electron chi connectivity index (χ4n) is 5.92. The largest absolute Gasteiger partial charge is 0.489 e. The Kier molecular flexibility index (Phi) is 7.32. The first-order valence-corrected chi connectivity index (χ1v) is 13.9. The van der Waals surface area contributed by atoms with Gasteiger partial charge in [-0.05, 0) is 54.3 Å². The number of morpholine rings is 1. The molecule has 0 radical (unpaired) electrons. The number of hydrogen-bond acceptors (Lipinski definition) is 6. The summed E-state index contributed by atoms with van der Waals surface area (Å²) >= 11 is 0. The zero-order valence-electron chi connectivity index (χ0n) is 22.9. The zero-order valence-corrected chi connectivity index (χ0v) is 22.9. The molecule has 0 saturated carbocycles. The summed E-state index contributed by atoms with van der Waals surface area (Å²) < 4.78 is 25.7. The zero-order chi connectivity index (χ0) is 28.6. The number of carbonyl (C=O) groups is 3. The van der Waals surface area contributed by atoms with Gasteiger partial charge in [0.15, 0.2) is 0 Å². The number of benzene rings is 3. The topological polar surface area (TPSA) is 88.2 Å². The van der Waals surface area contributed by atoms with Crippen molar-refractivity contribution in [2.75, 3.05) is 19.7 Å². The van der Waals surface area contributed by atoms with Gasteiger partial charge in [-0.25, -0.2) is 4.39 Å². The predicted octanol–water partition coefficient (Wildman–Crippen LogP) is 3.91. The lowest BCUT2D eigenvalue weighted by Crippen LogP contribution is -2.52. The Labute approximate surface area is 238 Å². The van der Waals surface area contributed by atoms with Crippen molar-refractivity contribution in [2.24, 2.45) is 0 Å². The van der Waals surface area contributed by atoms with Crippen molar-refractivity contribution in [1.82, 2.24) is 15.1 Å². The second-order valence-corrected chi connectivity index (χ2v) is 11.1. The number of carbonyl (C=O) groups excluding carboxylic acids is 3. The highest BCUT2D eigenvalue weighted by molar-refractivity contribution is 6.05. The molecular weight excluding hydrogens is 525 g/mol. The Bertz CT molecular complexity index is 1480.